The lowest BCUT2D eigenvalue weighted by Gasteiger charge is -2.30. The van der Waals surface area contributed by atoms with Crippen molar-refractivity contribution < 1.29 is 0 Å². The van der Waals surface area contributed by atoms with Crippen LogP contribution in [0, 0.1) is 5.92 Å². The van der Waals surface area contributed by atoms with Crippen LogP contribution in [0.2, 0.25) is 0 Å². The molecule has 0 saturated carbocycles. The fraction of sp³-hybridized carbons (Fsp3) is 0.333. The van der Waals surface area contributed by atoms with E-state index in [-0.39, 0.29) is 0 Å². The van der Waals surface area contributed by atoms with Crippen molar-refractivity contribution in [3.63, 3.8) is 0 Å². The van der Waals surface area contributed by atoms with Gasteiger partial charge in [0, 0.05) is 0 Å². The van der Waals surface area contributed by atoms with E-state index in [4.69, 9.17) is 0 Å². The Morgan fingerprint density at radius 2 is 1.74 bits per heavy atom. The third-order valence-corrected chi connectivity index (χ3v) is 4.35. The van der Waals surface area contributed by atoms with E-state index in [1.165, 1.54) is 47.8 Å². The van der Waals surface area contributed by atoms with Gasteiger partial charge in [0.1, 0.15) is 0 Å². The van der Waals surface area contributed by atoms with Crippen LogP contribution < -0.4 is 0 Å². The van der Waals surface area contributed by atoms with E-state index >= 15 is 0 Å². The van der Waals surface area contributed by atoms with E-state index in [0.717, 1.165) is 0 Å². The Morgan fingerprint density at radius 3 is 2.53 bits per heavy atom. The molecule has 0 amide bonds. The topological polar surface area (TPSA) is 3.24 Å². The molecule has 1 aliphatic rings. The van der Waals surface area contributed by atoms with E-state index in [1.807, 2.05) is 0 Å². The Hall–Kier alpha value is -1.60. The van der Waals surface area contributed by atoms with E-state index in [1.54, 1.807) is 0 Å². The van der Waals surface area contributed by atoms with Gasteiger partial charge < -0.3 is 4.90 Å². The Balaban J connectivity index is 1.93. The smallest absolute Gasteiger partial charge is 0.00159 e. The van der Waals surface area contributed by atoms with Crippen LogP contribution in [0.4, 0.5) is 0 Å². The number of allylic oxidation sites excluding steroid dienone is 1. The van der Waals surface area contributed by atoms with Crippen molar-refractivity contribution in [2.75, 3.05) is 20.1 Å². The lowest BCUT2D eigenvalue weighted by atomic mass is 9.84. The van der Waals surface area contributed by atoms with E-state index in [0.29, 0.717) is 5.92 Å². The van der Waals surface area contributed by atoms with Gasteiger partial charge in [0.15, 0.2) is 0 Å². The molecule has 1 aliphatic heterocycles. The summed E-state index contributed by atoms with van der Waals surface area (Å²) in [6.45, 7) is 6.78. The minimum absolute atomic E-state index is 0.641. The van der Waals surface area contributed by atoms with Crippen LogP contribution in [0.5, 0.6) is 0 Å². The first-order valence-corrected chi connectivity index (χ1v) is 7.11. The van der Waals surface area contributed by atoms with Crippen LogP contribution in [0.25, 0.3) is 16.3 Å². The second-order valence-electron chi connectivity index (χ2n) is 5.63. The Morgan fingerprint density at radius 1 is 1.05 bits per heavy atom. The van der Waals surface area contributed by atoms with Gasteiger partial charge in [-0.25, -0.2) is 0 Å². The summed E-state index contributed by atoms with van der Waals surface area (Å²) in [6.07, 6.45) is 2.47. The molecule has 1 fully saturated rings. The molecular weight excluding hydrogens is 230 g/mol. The molecule has 2 aromatic carbocycles. The van der Waals surface area contributed by atoms with Gasteiger partial charge in [-0.1, -0.05) is 49.0 Å². The van der Waals surface area contributed by atoms with Crippen LogP contribution in [-0.2, 0) is 0 Å². The van der Waals surface area contributed by atoms with Gasteiger partial charge in [0.2, 0.25) is 0 Å². The van der Waals surface area contributed by atoms with Gasteiger partial charge in [-0.2, -0.15) is 0 Å². The van der Waals surface area contributed by atoms with Gasteiger partial charge in [-0.05, 0) is 60.8 Å². The molecular formula is C18H21N. The van der Waals surface area contributed by atoms with Gasteiger partial charge >= 0.3 is 0 Å². The first-order chi connectivity index (χ1) is 9.25. The molecule has 1 nitrogen and oxygen atoms in total. The van der Waals surface area contributed by atoms with Crippen LogP contribution in [-0.4, -0.2) is 25.0 Å². The second-order valence-corrected chi connectivity index (χ2v) is 5.63. The molecule has 3 rings (SSSR count). The third-order valence-electron chi connectivity index (χ3n) is 4.35. The maximum atomic E-state index is 4.41. The minimum Gasteiger partial charge on any atom is -0.306 e. The van der Waals surface area contributed by atoms with Crippen molar-refractivity contribution in [1.82, 2.24) is 4.90 Å². The average molecular weight is 251 g/mol. The SMILES string of the molecule is C=C(c1cccc2ccccc12)C1CCN(C)CC1. The van der Waals surface area contributed by atoms with Crippen LogP contribution in [0.15, 0.2) is 49.0 Å². The highest BCUT2D eigenvalue weighted by molar-refractivity contribution is 5.93. The first kappa shape index (κ1) is 12.4. The predicted molar refractivity (Wildman–Crippen MR) is 83.2 cm³/mol. The normalized spacial score (nSPS) is 17.7. The largest absolute Gasteiger partial charge is 0.306 e. The molecule has 0 N–H and O–H groups in total. The summed E-state index contributed by atoms with van der Waals surface area (Å²) in [5, 5.41) is 2.66. The lowest BCUT2D eigenvalue weighted by molar-refractivity contribution is 0.248. The molecule has 0 atom stereocenters. The molecule has 19 heavy (non-hydrogen) atoms. The number of benzene rings is 2. The minimum atomic E-state index is 0.641. The zero-order chi connectivity index (χ0) is 13.2. The number of nitrogens with zero attached hydrogens (tertiary/aromatic N) is 1. The number of piperidine rings is 1. The van der Waals surface area contributed by atoms with E-state index in [2.05, 4.69) is 61.0 Å². The van der Waals surface area contributed by atoms with Crippen molar-refractivity contribution in [2.45, 2.75) is 12.8 Å². The summed E-state index contributed by atoms with van der Waals surface area (Å²) in [5.74, 6) is 0.641. The highest BCUT2D eigenvalue weighted by atomic mass is 15.1. The predicted octanol–water partition coefficient (Wildman–Crippen LogP) is 4.19. The Bertz CT molecular complexity index is 586. The molecule has 0 aliphatic carbocycles. The molecule has 1 saturated heterocycles. The van der Waals surface area contributed by atoms with E-state index < -0.39 is 0 Å². The number of hydrogen-bond donors (Lipinski definition) is 0. The molecule has 0 unspecified atom stereocenters. The fourth-order valence-electron chi connectivity index (χ4n) is 3.08. The molecule has 0 bridgehead atoms. The molecule has 0 spiro atoms. The molecule has 0 aromatic heterocycles. The maximum Gasteiger partial charge on any atom is -0.00159 e. The summed E-state index contributed by atoms with van der Waals surface area (Å²) >= 11 is 0. The van der Waals surface area contributed by atoms with E-state index in [9.17, 15) is 0 Å². The van der Waals surface area contributed by atoms with Gasteiger partial charge in [-0.15, -0.1) is 0 Å². The fourth-order valence-corrected chi connectivity index (χ4v) is 3.08. The molecule has 2 aromatic rings. The average Bonchev–Trinajstić information content (AvgIpc) is 2.47. The summed E-state index contributed by atoms with van der Waals surface area (Å²) in [7, 11) is 2.21. The Kier molecular flexibility index (Phi) is 3.39. The molecule has 1 heterocycles. The summed E-state index contributed by atoms with van der Waals surface area (Å²) in [4.78, 5) is 2.41. The highest BCUT2D eigenvalue weighted by Gasteiger charge is 2.20. The Labute approximate surface area is 115 Å². The van der Waals surface area contributed by atoms with Crippen LogP contribution >= 0.6 is 0 Å². The van der Waals surface area contributed by atoms with Gasteiger partial charge in [0.25, 0.3) is 0 Å². The van der Waals surface area contributed by atoms with Crippen molar-refractivity contribution in [1.29, 1.82) is 0 Å². The summed E-state index contributed by atoms with van der Waals surface area (Å²) in [5.41, 5.74) is 2.66. The standard InChI is InChI=1S/C18H21N/c1-14(15-10-12-19(2)13-11-15)17-9-5-7-16-6-3-4-8-18(16)17/h3-9,15H,1,10-13H2,2H3. The van der Waals surface area contributed by atoms with Crippen LogP contribution in [0.3, 0.4) is 0 Å². The molecule has 1 heteroatoms. The zero-order valence-electron chi connectivity index (χ0n) is 11.6. The van der Waals surface area contributed by atoms with Crippen molar-refractivity contribution in [3.8, 4) is 0 Å². The number of hydrogen-bond acceptors (Lipinski definition) is 1. The van der Waals surface area contributed by atoms with Crippen molar-refractivity contribution in [3.05, 3.63) is 54.6 Å². The third kappa shape index (κ3) is 2.43. The van der Waals surface area contributed by atoms with Crippen LogP contribution in [0.1, 0.15) is 18.4 Å². The highest BCUT2D eigenvalue weighted by Crippen LogP contribution is 2.33. The zero-order valence-corrected chi connectivity index (χ0v) is 11.6. The molecule has 0 radical (unpaired) electrons. The number of rotatable bonds is 2. The monoisotopic (exact) mass is 251 g/mol. The van der Waals surface area contributed by atoms with Gasteiger partial charge in [0.05, 0.1) is 0 Å². The quantitative estimate of drug-likeness (QED) is 0.773. The van der Waals surface area contributed by atoms with Gasteiger partial charge in [-0.3, -0.25) is 0 Å². The summed E-state index contributed by atoms with van der Waals surface area (Å²) in [6, 6.07) is 15.2. The first-order valence-electron chi connectivity index (χ1n) is 7.11. The number of likely N-dealkylation sites (tertiary alicyclic amines) is 1. The maximum absolute atomic E-state index is 4.41. The molecule has 98 valence electrons. The summed E-state index contributed by atoms with van der Waals surface area (Å²) < 4.78 is 0. The van der Waals surface area contributed by atoms with Crippen molar-refractivity contribution in [2.24, 2.45) is 5.92 Å². The second kappa shape index (κ2) is 5.18. The number of fused-ring (bicyclic) bond motifs is 1. The van der Waals surface area contributed by atoms with Crippen molar-refractivity contribution >= 4 is 16.3 Å². The lowest BCUT2D eigenvalue weighted by Crippen LogP contribution is -2.30.